The van der Waals surface area contributed by atoms with E-state index in [-0.39, 0.29) is 6.03 Å². The summed E-state index contributed by atoms with van der Waals surface area (Å²) in [5.74, 6) is 0. The molecule has 23 heavy (non-hydrogen) atoms. The number of urea groups is 1. The van der Waals surface area contributed by atoms with Crippen LogP contribution in [0.1, 0.15) is 25.1 Å². The van der Waals surface area contributed by atoms with Crippen molar-refractivity contribution in [3.63, 3.8) is 0 Å². The fourth-order valence-corrected chi connectivity index (χ4v) is 2.55. The Kier molecular flexibility index (Phi) is 6.48. The van der Waals surface area contributed by atoms with Gasteiger partial charge in [0.25, 0.3) is 0 Å². The van der Waals surface area contributed by atoms with E-state index in [0.29, 0.717) is 6.54 Å². The fourth-order valence-electron chi connectivity index (χ4n) is 2.55. The third kappa shape index (κ3) is 4.40. The predicted molar refractivity (Wildman–Crippen MR) is 87.7 cm³/mol. The number of amides is 2. The van der Waals surface area contributed by atoms with Crippen LogP contribution in [0.25, 0.3) is 0 Å². The van der Waals surface area contributed by atoms with Gasteiger partial charge in [0.05, 0.1) is 0 Å². The number of carbonyl (C=O) groups is 1. The van der Waals surface area contributed by atoms with Crippen LogP contribution in [-0.4, -0.2) is 66.0 Å². The number of pyridine rings is 1. The summed E-state index contributed by atoms with van der Waals surface area (Å²) < 4.78 is 0. The quantitative estimate of drug-likeness (QED) is 0.549. The Labute approximate surface area is 133 Å². The van der Waals surface area contributed by atoms with E-state index in [9.17, 15) is 4.79 Å². The molecule has 0 unspecified atom stereocenters. The molecule has 6 nitrogen and oxygen atoms in total. The van der Waals surface area contributed by atoms with E-state index < -0.39 is 0 Å². The number of aromatic nitrogens is 1. The molecule has 0 aliphatic carbocycles. The average Bonchev–Trinajstić information content (AvgIpc) is 2.53. The molecule has 2 amide bonds. The Morgan fingerprint density at radius 2 is 1.87 bits per heavy atom. The first-order valence-electron chi connectivity index (χ1n) is 7.95. The maximum Gasteiger partial charge on any atom is 0.310 e. The third-order valence-electron chi connectivity index (χ3n) is 3.94. The molecule has 7 heteroatoms. The van der Waals surface area contributed by atoms with Gasteiger partial charge in [-0.1, -0.05) is 31.4 Å². The Bertz CT molecular complexity index is 517. The van der Waals surface area contributed by atoms with Crippen molar-refractivity contribution in [2.45, 2.75) is 26.9 Å². The minimum Gasteiger partial charge on any atom is -0.389 e. The molecule has 2 aliphatic heterocycles. The zero-order valence-corrected chi connectivity index (χ0v) is 21.1. The van der Waals surface area contributed by atoms with Crippen LogP contribution in [0, 0.1) is 6.20 Å². The summed E-state index contributed by atoms with van der Waals surface area (Å²) in [6.07, 6.45) is 3.06. The van der Waals surface area contributed by atoms with Gasteiger partial charge < -0.3 is 25.0 Å². The molecule has 0 spiro atoms. The van der Waals surface area contributed by atoms with Crippen molar-refractivity contribution in [1.82, 2.24) is 19.7 Å². The molecule has 124 valence electrons. The molecule has 2 aliphatic rings. The molecule has 0 saturated carbocycles. The standard InChI is InChI=1S/C14H20N5O.C2H6.Rf/c1-17-3-5-19(6-4-17)10-12-7-13-11(8-15-12)9-18(2)14(20)16-13;1-2;/h7H,3-6,9-10H2,1-2H3,(H,16,20);1-2H3;/q-1;;. The Hall–Kier alpha value is -2.66. The van der Waals surface area contributed by atoms with Gasteiger partial charge in [0.2, 0.25) is 0 Å². The number of likely N-dealkylation sites (N-methyl/N-ethyl adjacent to an activating group) is 1. The van der Waals surface area contributed by atoms with Crippen molar-refractivity contribution in [3.8, 4) is 0 Å². The molecule has 0 radical (unpaired) electrons. The summed E-state index contributed by atoms with van der Waals surface area (Å²) in [5.41, 5.74) is 2.78. The zero-order valence-electron chi connectivity index (χ0n) is 14.7. The van der Waals surface area contributed by atoms with Gasteiger partial charge in [0.1, 0.15) is 0 Å². The van der Waals surface area contributed by atoms with Crippen LogP contribution < -0.4 is 5.32 Å². The maximum atomic E-state index is 11.7. The van der Waals surface area contributed by atoms with E-state index in [2.05, 4.69) is 33.3 Å². The van der Waals surface area contributed by atoms with Crippen LogP contribution in [0.4, 0.5) is 10.5 Å². The summed E-state index contributed by atoms with van der Waals surface area (Å²) in [7, 11) is 3.92. The van der Waals surface area contributed by atoms with Crippen LogP contribution >= 0.6 is 0 Å². The molecule has 1 fully saturated rings. The second-order valence-electron chi connectivity index (χ2n) is 5.62. The molecular formula is C16H26N5ORf-. The molecule has 0 aromatic carbocycles. The van der Waals surface area contributed by atoms with E-state index >= 15 is 0 Å². The summed E-state index contributed by atoms with van der Waals surface area (Å²) >= 11 is 0. The van der Waals surface area contributed by atoms with Crippen LogP contribution in [0.2, 0.25) is 0 Å². The summed E-state index contributed by atoms with van der Waals surface area (Å²) in [6.45, 7) is 9.70. The molecule has 1 saturated heterocycles. The number of fused-ring (bicyclic) bond motifs is 1. The maximum absolute atomic E-state index is 11.7. The van der Waals surface area contributed by atoms with E-state index in [1.165, 1.54) is 0 Å². The van der Waals surface area contributed by atoms with Crippen LogP contribution in [0.15, 0.2) is 6.07 Å². The van der Waals surface area contributed by atoms with E-state index in [4.69, 9.17) is 0 Å². The molecular weight excluding hydrogens is 545 g/mol. The van der Waals surface area contributed by atoms with E-state index in [1.54, 1.807) is 11.9 Å². The van der Waals surface area contributed by atoms with E-state index in [0.717, 1.165) is 49.7 Å². The van der Waals surface area contributed by atoms with Gasteiger partial charge in [0.15, 0.2) is 0 Å². The number of hydrogen-bond donors (Lipinski definition) is 1. The van der Waals surface area contributed by atoms with Gasteiger partial charge in [-0.2, -0.15) is 0 Å². The van der Waals surface area contributed by atoms with Gasteiger partial charge in [-0.15, -0.1) is 11.6 Å². The normalized spacial score (nSPS) is 18.3. The monoisotopic (exact) mass is 571 g/mol. The van der Waals surface area contributed by atoms with E-state index in [1.807, 2.05) is 19.9 Å². The second-order valence-corrected chi connectivity index (χ2v) is 5.62. The summed E-state index contributed by atoms with van der Waals surface area (Å²) in [4.78, 5) is 22.4. The largest absolute Gasteiger partial charge is 0.389 e. The van der Waals surface area contributed by atoms with Crippen molar-refractivity contribution in [2.24, 2.45) is 0 Å². The van der Waals surface area contributed by atoms with Crippen molar-refractivity contribution < 1.29 is 4.79 Å². The first kappa shape index (κ1) is 18.4. The van der Waals surface area contributed by atoms with Gasteiger partial charge in [-0.05, 0) is 13.6 Å². The topological polar surface area (TPSA) is 51.7 Å². The smallest absolute Gasteiger partial charge is 0.310 e. The number of hydrogen-bond acceptors (Lipinski definition) is 4. The Morgan fingerprint density at radius 1 is 1.22 bits per heavy atom. The van der Waals surface area contributed by atoms with Gasteiger partial charge in [-0.25, -0.2) is 4.79 Å². The number of piperazine rings is 1. The SMILES string of the molecule is CC.CN1CCN(Cc2cc3c([c-]n2)CN(C)C(=O)N3)CC1.[Rf]. The predicted octanol–water partition coefficient (Wildman–Crippen LogP) is 1.63. The van der Waals surface area contributed by atoms with Crippen LogP contribution in [0.5, 0.6) is 0 Å². The summed E-state index contributed by atoms with van der Waals surface area (Å²) in [6, 6.07) is 1.91. The van der Waals surface area contributed by atoms with Crippen molar-refractivity contribution >= 4 is 11.7 Å². The first-order valence-corrected chi connectivity index (χ1v) is 7.95. The number of rotatable bonds is 2. The number of nitrogens with one attached hydrogen (secondary N) is 1. The molecule has 0 bridgehead atoms. The minimum absolute atomic E-state index is 0. The first-order chi connectivity index (χ1) is 10.6. The molecule has 0 atom stereocenters. The van der Waals surface area contributed by atoms with Crippen molar-refractivity contribution in [3.05, 3.63) is 23.5 Å². The average molecular weight is 571 g/mol. The van der Waals surface area contributed by atoms with Crippen LogP contribution in [0.3, 0.4) is 0 Å². The third-order valence-corrected chi connectivity index (χ3v) is 3.94. The number of nitrogens with zero attached hydrogens (tertiary/aromatic N) is 4. The van der Waals surface area contributed by atoms with Crippen LogP contribution in [-0.2, 0) is 13.1 Å². The number of carbonyl (C=O) groups excluding carboxylic acids is 1. The van der Waals surface area contributed by atoms with Crippen molar-refractivity contribution in [2.75, 3.05) is 45.6 Å². The Morgan fingerprint density at radius 3 is 2.52 bits per heavy atom. The van der Waals surface area contributed by atoms with Crippen molar-refractivity contribution in [1.29, 1.82) is 0 Å². The van der Waals surface area contributed by atoms with Gasteiger partial charge in [-0.3, -0.25) is 0 Å². The Balaban J connectivity index is 0.000000849. The minimum atomic E-state index is -0.0670. The second kappa shape index (κ2) is 8.10. The molecule has 1 aromatic heterocycles. The molecule has 1 aromatic rings. The van der Waals surface area contributed by atoms with Gasteiger partial charge >= 0.3 is 6.03 Å². The zero-order chi connectivity index (χ0) is 16.1. The summed E-state index contributed by atoms with van der Waals surface area (Å²) in [5, 5.41) is 2.88. The number of anilines is 1. The molecule has 1 N–H and O–H groups in total. The van der Waals surface area contributed by atoms with Gasteiger partial charge in [0, 0.05) is 39.8 Å². The molecule has 3 heterocycles. The fraction of sp³-hybridized carbons (Fsp3) is 0.625. The molecule has 3 rings (SSSR count).